The number of hydrogen-bond donors (Lipinski definition) is 0. The Balaban J connectivity index is 1.56. The van der Waals surface area contributed by atoms with Gasteiger partial charge in [-0.25, -0.2) is 8.42 Å². The van der Waals surface area contributed by atoms with Crippen LogP contribution >= 0.6 is 0 Å². The van der Waals surface area contributed by atoms with E-state index in [9.17, 15) is 8.42 Å². The van der Waals surface area contributed by atoms with Crippen molar-refractivity contribution in [3.63, 3.8) is 0 Å². The van der Waals surface area contributed by atoms with E-state index in [0.717, 1.165) is 33.5 Å². The molecule has 0 unspecified atom stereocenters. The number of aryl methyl sites for hydroxylation is 1. The smallest absolute Gasteiger partial charge is 0.264 e. The van der Waals surface area contributed by atoms with Crippen LogP contribution in [-0.2, 0) is 22.9 Å². The molecule has 0 fully saturated rings. The van der Waals surface area contributed by atoms with Crippen molar-refractivity contribution in [2.75, 3.05) is 4.31 Å². The minimum atomic E-state index is -3.68. The van der Waals surface area contributed by atoms with Crippen LogP contribution in [0.2, 0.25) is 0 Å². The van der Waals surface area contributed by atoms with Crippen molar-refractivity contribution in [1.29, 1.82) is 0 Å². The van der Waals surface area contributed by atoms with E-state index in [-0.39, 0.29) is 6.04 Å². The highest BCUT2D eigenvalue weighted by Crippen LogP contribution is 2.38. The molecule has 4 nitrogen and oxygen atoms in total. The molecule has 0 N–H and O–H groups in total. The van der Waals surface area contributed by atoms with E-state index in [0.29, 0.717) is 17.7 Å². The van der Waals surface area contributed by atoms with Crippen molar-refractivity contribution in [3.05, 3.63) is 95.7 Å². The number of benzene rings is 3. The second-order valence-electron chi connectivity index (χ2n) is 7.56. The SMILES string of the molecule is Cc1ccc(S(=O)(=O)N2c3ccccc3C[C@H]2Cc2cc3ccccc3o2)cc1. The molecule has 5 heteroatoms. The van der Waals surface area contributed by atoms with Crippen molar-refractivity contribution in [2.24, 2.45) is 0 Å². The van der Waals surface area contributed by atoms with E-state index < -0.39 is 10.0 Å². The highest BCUT2D eigenvalue weighted by molar-refractivity contribution is 7.92. The molecular weight excluding hydrogens is 382 g/mol. The van der Waals surface area contributed by atoms with Gasteiger partial charge < -0.3 is 4.42 Å². The van der Waals surface area contributed by atoms with Gasteiger partial charge in [0.05, 0.1) is 16.6 Å². The number of furan rings is 1. The van der Waals surface area contributed by atoms with Crippen LogP contribution in [0.1, 0.15) is 16.9 Å². The van der Waals surface area contributed by atoms with E-state index >= 15 is 0 Å². The third kappa shape index (κ3) is 3.12. The molecule has 0 saturated heterocycles. The zero-order valence-corrected chi connectivity index (χ0v) is 16.9. The van der Waals surface area contributed by atoms with Gasteiger partial charge in [-0.2, -0.15) is 0 Å². The zero-order chi connectivity index (χ0) is 20.0. The Bertz CT molecular complexity index is 1260. The first-order chi connectivity index (χ1) is 14.0. The van der Waals surface area contributed by atoms with Gasteiger partial charge in [0.15, 0.2) is 0 Å². The van der Waals surface area contributed by atoms with Gasteiger partial charge in [-0.1, -0.05) is 54.1 Å². The first kappa shape index (κ1) is 18.0. The van der Waals surface area contributed by atoms with Crippen molar-refractivity contribution >= 4 is 26.7 Å². The second kappa shape index (κ2) is 6.78. The third-order valence-corrected chi connectivity index (χ3v) is 7.39. The summed E-state index contributed by atoms with van der Waals surface area (Å²) < 4.78 is 34.7. The number of anilines is 1. The Labute approximate surface area is 170 Å². The van der Waals surface area contributed by atoms with Gasteiger partial charge in [0, 0.05) is 11.8 Å². The lowest BCUT2D eigenvalue weighted by Crippen LogP contribution is -2.39. The average Bonchev–Trinajstić information content (AvgIpc) is 3.28. The van der Waals surface area contributed by atoms with Crippen LogP contribution in [0.3, 0.4) is 0 Å². The highest BCUT2D eigenvalue weighted by Gasteiger charge is 2.38. The molecule has 5 rings (SSSR count). The summed E-state index contributed by atoms with van der Waals surface area (Å²) >= 11 is 0. The summed E-state index contributed by atoms with van der Waals surface area (Å²) in [7, 11) is -3.68. The Morgan fingerprint density at radius 1 is 0.966 bits per heavy atom. The number of rotatable bonds is 4. The Kier molecular flexibility index (Phi) is 4.21. The molecule has 1 atom stereocenters. The molecule has 1 aliphatic rings. The Hall–Kier alpha value is -3.05. The Morgan fingerprint density at radius 2 is 1.69 bits per heavy atom. The molecule has 146 valence electrons. The molecule has 1 aromatic heterocycles. The van der Waals surface area contributed by atoms with Gasteiger partial charge in [0.25, 0.3) is 10.0 Å². The summed E-state index contributed by atoms with van der Waals surface area (Å²) in [5.41, 5.74) is 3.66. The monoisotopic (exact) mass is 403 g/mol. The van der Waals surface area contributed by atoms with Crippen LogP contribution < -0.4 is 4.31 Å². The molecule has 0 spiro atoms. The fraction of sp³-hybridized carbons (Fsp3) is 0.167. The summed E-state index contributed by atoms with van der Waals surface area (Å²) in [6, 6.07) is 24.4. The number of para-hydroxylation sites is 2. The van der Waals surface area contributed by atoms with E-state index in [1.165, 1.54) is 0 Å². The normalized spacial score (nSPS) is 16.3. The minimum absolute atomic E-state index is 0.223. The van der Waals surface area contributed by atoms with Gasteiger partial charge in [0.2, 0.25) is 0 Å². The third-order valence-electron chi connectivity index (χ3n) is 5.51. The fourth-order valence-corrected chi connectivity index (χ4v) is 5.79. The number of fused-ring (bicyclic) bond motifs is 2. The molecule has 0 saturated carbocycles. The maximum Gasteiger partial charge on any atom is 0.264 e. The van der Waals surface area contributed by atoms with E-state index in [4.69, 9.17) is 4.42 Å². The lowest BCUT2D eigenvalue weighted by Gasteiger charge is -2.26. The molecule has 1 aliphatic heterocycles. The van der Waals surface area contributed by atoms with Crippen LogP contribution in [0.5, 0.6) is 0 Å². The van der Waals surface area contributed by atoms with Gasteiger partial charge in [-0.05, 0) is 49.2 Å². The van der Waals surface area contributed by atoms with E-state index in [1.807, 2.05) is 73.7 Å². The quantitative estimate of drug-likeness (QED) is 0.476. The molecule has 3 aromatic carbocycles. The standard InChI is InChI=1S/C24H21NO3S/c1-17-10-12-22(13-11-17)29(26,27)25-20(14-18-6-2-4-8-23(18)25)16-21-15-19-7-3-5-9-24(19)28-21/h2-13,15,20H,14,16H2,1H3/t20-/m0/s1. The molecule has 0 radical (unpaired) electrons. The maximum atomic E-state index is 13.6. The molecular formula is C24H21NO3S. The van der Waals surface area contributed by atoms with Crippen LogP contribution in [0, 0.1) is 6.92 Å². The van der Waals surface area contributed by atoms with Crippen LogP contribution in [-0.4, -0.2) is 14.5 Å². The summed E-state index contributed by atoms with van der Waals surface area (Å²) in [6.07, 6.45) is 1.19. The number of sulfonamides is 1. The van der Waals surface area contributed by atoms with Crippen LogP contribution in [0.15, 0.2) is 88.2 Å². The van der Waals surface area contributed by atoms with Crippen LogP contribution in [0.25, 0.3) is 11.0 Å². The number of hydrogen-bond acceptors (Lipinski definition) is 3. The summed E-state index contributed by atoms with van der Waals surface area (Å²) in [4.78, 5) is 0.314. The highest BCUT2D eigenvalue weighted by atomic mass is 32.2. The van der Waals surface area contributed by atoms with Crippen molar-refractivity contribution in [1.82, 2.24) is 0 Å². The zero-order valence-electron chi connectivity index (χ0n) is 16.1. The lowest BCUT2D eigenvalue weighted by atomic mass is 10.1. The predicted molar refractivity (Wildman–Crippen MR) is 115 cm³/mol. The van der Waals surface area contributed by atoms with Gasteiger partial charge in [0.1, 0.15) is 11.3 Å². The van der Waals surface area contributed by atoms with Crippen molar-refractivity contribution in [2.45, 2.75) is 30.7 Å². The first-order valence-electron chi connectivity index (χ1n) is 9.69. The van der Waals surface area contributed by atoms with E-state index in [1.54, 1.807) is 16.4 Å². The molecule has 2 heterocycles. The topological polar surface area (TPSA) is 50.5 Å². The summed E-state index contributed by atoms with van der Waals surface area (Å²) in [6.45, 7) is 1.95. The van der Waals surface area contributed by atoms with Gasteiger partial charge in [-0.15, -0.1) is 0 Å². The van der Waals surface area contributed by atoms with E-state index in [2.05, 4.69) is 0 Å². The minimum Gasteiger partial charge on any atom is -0.461 e. The van der Waals surface area contributed by atoms with Crippen molar-refractivity contribution < 1.29 is 12.8 Å². The molecule has 0 bridgehead atoms. The van der Waals surface area contributed by atoms with Gasteiger partial charge >= 0.3 is 0 Å². The summed E-state index contributed by atoms with van der Waals surface area (Å²) in [5, 5.41) is 1.03. The first-order valence-corrected chi connectivity index (χ1v) is 11.1. The molecule has 0 amide bonds. The van der Waals surface area contributed by atoms with Gasteiger partial charge in [-0.3, -0.25) is 4.31 Å². The molecule has 4 aromatic rings. The molecule has 29 heavy (non-hydrogen) atoms. The summed E-state index contributed by atoms with van der Waals surface area (Å²) in [5.74, 6) is 0.799. The Morgan fingerprint density at radius 3 is 2.48 bits per heavy atom. The maximum absolute atomic E-state index is 13.6. The largest absolute Gasteiger partial charge is 0.461 e. The second-order valence-corrected chi connectivity index (χ2v) is 9.37. The number of nitrogens with zero attached hydrogens (tertiary/aromatic N) is 1. The fourth-order valence-electron chi connectivity index (χ4n) is 4.11. The predicted octanol–water partition coefficient (Wildman–Crippen LogP) is 5.10. The van der Waals surface area contributed by atoms with Crippen LogP contribution in [0.4, 0.5) is 5.69 Å². The molecule has 0 aliphatic carbocycles. The average molecular weight is 404 g/mol. The van der Waals surface area contributed by atoms with Crippen molar-refractivity contribution in [3.8, 4) is 0 Å². The lowest BCUT2D eigenvalue weighted by molar-refractivity contribution is 0.514.